The number of halogens is 2. The minimum Gasteiger partial charge on any atom is -0.497 e. The standard InChI is InChI=1S/C21H24F2N2O5S/c1-29-17-7-10-19(30-2)14(11-17)12-25(16-5-6-16)13-20(26)24-15-3-8-18(9-4-15)31(27,28)21(22)23/h3-4,7-11,16,21H,5-6,12-13H2,1-2H3,(H,24,26). The van der Waals surface area contributed by atoms with Crippen LogP contribution in [0.5, 0.6) is 11.5 Å². The Hall–Kier alpha value is -2.72. The Morgan fingerprint density at radius 1 is 1.13 bits per heavy atom. The van der Waals surface area contributed by atoms with Gasteiger partial charge in [-0.25, -0.2) is 8.42 Å². The summed E-state index contributed by atoms with van der Waals surface area (Å²) in [6, 6.07) is 10.4. The summed E-state index contributed by atoms with van der Waals surface area (Å²) in [5.41, 5.74) is 1.22. The van der Waals surface area contributed by atoms with E-state index in [0.29, 0.717) is 23.7 Å². The molecule has 3 rings (SSSR count). The van der Waals surface area contributed by atoms with E-state index >= 15 is 0 Å². The molecule has 7 nitrogen and oxygen atoms in total. The Balaban J connectivity index is 1.67. The average Bonchev–Trinajstić information content (AvgIpc) is 3.59. The van der Waals surface area contributed by atoms with Crippen molar-refractivity contribution in [2.45, 2.75) is 36.1 Å². The molecule has 0 spiro atoms. The summed E-state index contributed by atoms with van der Waals surface area (Å²) in [6.07, 6.45) is 1.97. The molecule has 0 unspecified atom stereocenters. The molecule has 1 aliphatic carbocycles. The quantitative estimate of drug-likeness (QED) is 0.593. The highest BCUT2D eigenvalue weighted by atomic mass is 32.2. The molecule has 1 fully saturated rings. The molecule has 0 heterocycles. The number of benzene rings is 2. The number of ether oxygens (including phenoxy) is 2. The fourth-order valence-corrected chi connectivity index (χ4v) is 3.92. The second kappa shape index (κ2) is 9.61. The maximum absolute atomic E-state index is 12.6. The number of carbonyl (C=O) groups excluding carboxylic acids is 1. The lowest BCUT2D eigenvalue weighted by Gasteiger charge is -2.23. The summed E-state index contributed by atoms with van der Waals surface area (Å²) in [5, 5.41) is 2.68. The molecule has 0 radical (unpaired) electrons. The zero-order valence-electron chi connectivity index (χ0n) is 17.2. The number of methoxy groups -OCH3 is 2. The third-order valence-corrected chi connectivity index (χ3v) is 6.37. The number of carbonyl (C=O) groups is 1. The van der Waals surface area contributed by atoms with Crippen molar-refractivity contribution in [1.29, 1.82) is 0 Å². The fraction of sp³-hybridized carbons (Fsp3) is 0.381. The summed E-state index contributed by atoms with van der Waals surface area (Å²) in [5.74, 6) is -2.40. The molecule has 1 amide bonds. The lowest BCUT2D eigenvalue weighted by Crippen LogP contribution is -2.34. The number of anilines is 1. The Morgan fingerprint density at radius 3 is 2.35 bits per heavy atom. The summed E-state index contributed by atoms with van der Waals surface area (Å²) < 4.78 is 59.0. The van der Waals surface area contributed by atoms with E-state index in [4.69, 9.17) is 9.47 Å². The number of nitrogens with zero attached hydrogens (tertiary/aromatic N) is 1. The summed E-state index contributed by atoms with van der Waals surface area (Å²) in [6.45, 7) is 0.603. The van der Waals surface area contributed by atoms with Gasteiger partial charge in [0.1, 0.15) is 11.5 Å². The van der Waals surface area contributed by atoms with Crippen LogP contribution in [0, 0.1) is 0 Å². The fourth-order valence-electron chi connectivity index (χ4n) is 3.19. The predicted molar refractivity (Wildman–Crippen MR) is 111 cm³/mol. The zero-order valence-corrected chi connectivity index (χ0v) is 18.0. The van der Waals surface area contributed by atoms with Gasteiger partial charge in [0.2, 0.25) is 15.7 Å². The summed E-state index contributed by atoms with van der Waals surface area (Å²) in [7, 11) is -1.51. The van der Waals surface area contributed by atoms with E-state index in [1.54, 1.807) is 20.3 Å². The van der Waals surface area contributed by atoms with Crippen molar-refractivity contribution in [3.05, 3.63) is 48.0 Å². The predicted octanol–water partition coefficient (Wildman–Crippen LogP) is 3.30. The van der Waals surface area contributed by atoms with Crippen LogP contribution in [0.25, 0.3) is 0 Å². The van der Waals surface area contributed by atoms with E-state index in [9.17, 15) is 22.0 Å². The molecule has 1 aliphatic rings. The number of hydrogen-bond acceptors (Lipinski definition) is 6. The maximum atomic E-state index is 12.6. The number of hydrogen-bond donors (Lipinski definition) is 1. The highest BCUT2D eigenvalue weighted by Crippen LogP contribution is 2.32. The van der Waals surface area contributed by atoms with Crippen molar-refractivity contribution in [3.63, 3.8) is 0 Å². The van der Waals surface area contributed by atoms with Gasteiger partial charge in [0.15, 0.2) is 0 Å². The first-order valence-corrected chi connectivity index (χ1v) is 11.2. The first-order valence-electron chi connectivity index (χ1n) is 9.61. The second-order valence-corrected chi connectivity index (χ2v) is 9.11. The SMILES string of the molecule is COc1ccc(OC)c(CN(CC(=O)Nc2ccc(S(=O)(=O)C(F)F)cc2)C2CC2)c1. The molecule has 168 valence electrons. The second-order valence-electron chi connectivity index (χ2n) is 7.19. The van der Waals surface area contributed by atoms with Crippen molar-refractivity contribution in [2.75, 3.05) is 26.1 Å². The molecule has 0 bridgehead atoms. The molecule has 1 N–H and O–H groups in total. The molecule has 31 heavy (non-hydrogen) atoms. The van der Waals surface area contributed by atoms with Gasteiger partial charge in [-0.05, 0) is 55.3 Å². The Morgan fingerprint density at radius 2 is 1.81 bits per heavy atom. The Bertz CT molecular complexity index is 1020. The molecule has 2 aromatic rings. The molecule has 0 aromatic heterocycles. The normalized spacial score (nSPS) is 14.0. The smallest absolute Gasteiger partial charge is 0.341 e. The van der Waals surface area contributed by atoms with E-state index in [-0.39, 0.29) is 18.5 Å². The van der Waals surface area contributed by atoms with E-state index in [2.05, 4.69) is 5.32 Å². The number of sulfone groups is 1. The van der Waals surface area contributed by atoms with Crippen LogP contribution in [-0.4, -0.2) is 51.8 Å². The van der Waals surface area contributed by atoms with E-state index in [0.717, 1.165) is 30.5 Å². The lowest BCUT2D eigenvalue weighted by molar-refractivity contribution is -0.117. The minimum atomic E-state index is -4.67. The Kier molecular flexibility index (Phi) is 7.11. The average molecular weight is 454 g/mol. The van der Waals surface area contributed by atoms with Crippen LogP contribution < -0.4 is 14.8 Å². The van der Waals surface area contributed by atoms with Gasteiger partial charge in [0.05, 0.1) is 25.7 Å². The monoisotopic (exact) mass is 454 g/mol. The largest absolute Gasteiger partial charge is 0.497 e. The first kappa shape index (κ1) is 23.0. The Labute approximate surface area is 179 Å². The van der Waals surface area contributed by atoms with Crippen LogP contribution in [0.4, 0.5) is 14.5 Å². The van der Waals surface area contributed by atoms with Gasteiger partial charge in [-0.1, -0.05) is 0 Å². The van der Waals surface area contributed by atoms with Gasteiger partial charge in [0.25, 0.3) is 0 Å². The maximum Gasteiger partial charge on any atom is 0.341 e. The van der Waals surface area contributed by atoms with Crippen LogP contribution in [-0.2, 0) is 21.2 Å². The molecule has 0 saturated heterocycles. The van der Waals surface area contributed by atoms with Gasteiger partial charge in [-0.2, -0.15) is 8.78 Å². The zero-order chi connectivity index (χ0) is 22.6. The number of alkyl halides is 2. The third-order valence-electron chi connectivity index (χ3n) is 4.97. The van der Waals surface area contributed by atoms with Gasteiger partial charge in [-0.15, -0.1) is 0 Å². The van der Waals surface area contributed by atoms with Crippen molar-refractivity contribution >= 4 is 21.4 Å². The van der Waals surface area contributed by atoms with Crippen molar-refractivity contribution in [1.82, 2.24) is 4.90 Å². The van der Waals surface area contributed by atoms with Crippen molar-refractivity contribution in [2.24, 2.45) is 0 Å². The molecular formula is C21H24F2N2O5S. The number of nitrogens with one attached hydrogen (secondary N) is 1. The lowest BCUT2D eigenvalue weighted by atomic mass is 10.1. The van der Waals surface area contributed by atoms with Crippen molar-refractivity contribution < 1.29 is 31.5 Å². The van der Waals surface area contributed by atoms with Crippen LogP contribution in [0.2, 0.25) is 0 Å². The molecule has 2 aromatic carbocycles. The van der Waals surface area contributed by atoms with E-state index in [1.165, 1.54) is 12.1 Å². The first-order chi connectivity index (χ1) is 14.7. The molecular weight excluding hydrogens is 430 g/mol. The summed E-state index contributed by atoms with van der Waals surface area (Å²) in [4.78, 5) is 14.1. The van der Waals surface area contributed by atoms with E-state index in [1.807, 2.05) is 17.0 Å². The van der Waals surface area contributed by atoms with Gasteiger partial charge >= 0.3 is 5.76 Å². The topological polar surface area (TPSA) is 84.9 Å². The van der Waals surface area contributed by atoms with Gasteiger partial charge in [0, 0.05) is 23.8 Å². The molecule has 0 aliphatic heterocycles. The van der Waals surface area contributed by atoms with Gasteiger partial charge in [-0.3, -0.25) is 9.69 Å². The van der Waals surface area contributed by atoms with Gasteiger partial charge < -0.3 is 14.8 Å². The summed E-state index contributed by atoms with van der Waals surface area (Å²) >= 11 is 0. The van der Waals surface area contributed by atoms with Crippen LogP contribution in [0.3, 0.4) is 0 Å². The number of amides is 1. The van der Waals surface area contributed by atoms with Crippen LogP contribution >= 0.6 is 0 Å². The van der Waals surface area contributed by atoms with Crippen LogP contribution in [0.15, 0.2) is 47.4 Å². The minimum absolute atomic E-state index is 0.113. The van der Waals surface area contributed by atoms with Crippen LogP contribution in [0.1, 0.15) is 18.4 Å². The highest BCUT2D eigenvalue weighted by molar-refractivity contribution is 7.91. The molecule has 10 heteroatoms. The highest BCUT2D eigenvalue weighted by Gasteiger charge is 2.31. The van der Waals surface area contributed by atoms with Crippen molar-refractivity contribution in [3.8, 4) is 11.5 Å². The third kappa shape index (κ3) is 5.71. The molecule has 0 atom stereocenters. The number of rotatable bonds is 10. The van der Waals surface area contributed by atoms with E-state index < -0.39 is 20.5 Å². The molecule has 1 saturated carbocycles.